The zero-order valence-electron chi connectivity index (χ0n) is 28.2. The van der Waals surface area contributed by atoms with E-state index in [4.69, 9.17) is 9.47 Å². The lowest BCUT2D eigenvalue weighted by atomic mass is 9.77. The molecule has 12 heteroatoms. The van der Waals surface area contributed by atoms with Crippen LogP contribution in [0, 0.1) is 17.3 Å². The topological polar surface area (TPSA) is 148 Å². The van der Waals surface area contributed by atoms with Crippen molar-refractivity contribution < 1.29 is 37.1 Å². The van der Waals surface area contributed by atoms with Crippen LogP contribution < -0.4 is 14.8 Å². The van der Waals surface area contributed by atoms with E-state index in [0.717, 1.165) is 49.8 Å². The Morgan fingerprint density at radius 3 is 2.43 bits per heavy atom. The number of para-hydroxylation sites is 1. The minimum absolute atomic E-state index is 0.120. The molecule has 5 atom stereocenters. The molecule has 11 nitrogen and oxygen atoms in total. The monoisotopic (exact) mass is 673 g/mol. The molecule has 2 aliphatic carbocycles. The Balaban J connectivity index is 1.43. The summed E-state index contributed by atoms with van der Waals surface area (Å²) < 4.78 is 39.6. The second-order valence-electron chi connectivity index (χ2n) is 14.9. The summed E-state index contributed by atoms with van der Waals surface area (Å²) in [6.07, 6.45) is 7.03. The van der Waals surface area contributed by atoms with E-state index >= 15 is 0 Å². The van der Waals surface area contributed by atoms with Crippen LogP contribution in [-0.2, 0) is 40.4 Å². The van der Waals surface area contributed by atoms with Crippen LogP contribution in [0.3, 0.4) is 0 Å². The number of nitrogens with one attached hydrogen (secondary N) is 2. The van der Waals surface area contributed by atoms with Crippen LogP contribution in [0.2, 0.25) is 0 Å². The van der Waals surface area contributed by atoms with Gasteiger partial charge in [-0.2, -0.15) is 0 Å². The van der Waals surface area contributed by atoms with Gasteiger partial charge in [-0.3, -0.25) is 23.9 Å². The maximum absolute atomic E-state index is 14.4. The molecule has 1 aromatic carbocycles. The van der Waals surface area contributed by atoms with Crippen LogP contribution in [0.15, 0.2) is 24.3 Å². The number of sulfonamides is 1. The highest BCUT2D eigenvalue weighted by atomic mass is 32.2. The van der Waals surface area contributed by atoms with Gasteiger partial charge in [0.25, 0.3) is 5.91 Å². The Hall–Kier alpha value is -3.15. The standard InChI is InChI=1S/C35H51N3O8S/c1-5-24-21-35(24,33(42)37-47(43,44)26-16-17-26)36-31(40)28-19-25-22-38(28)32(41)27(34(2,3)4)20-30(39)45-18-12-8-6-7-9-13-23-14-10-11-15-29(23)46-25/h10-11,14-15,24-28H,5-9,12-13,16-22H2,1-4H3,(H,36,40)(H,37,42)/t24-,25-,27-,28+,35-/m1/s1. The average Bonchev–Trinajstić information content (AvgIpc) is 3.93. The first-order valence-electron chi connectivity index (χ1n) is 17.3. The van der Waals surface area contributed by atoms with Gasteiger partial charge < -0.3 is 19.7 Å². The maximum Gasteiger partial charge on any atom is 0.306 e. The van der Waals surface area contributed by atoms with Gasteiger partial charge in [0, 0.05) is 6.42 Å². The summed E-state index contributed by atoms with van der Waals surface area (Å²) in [5.41, 5.74) is -0.920. The van der Waals surface area contributed by atoms with E-state index in [1.807, 2.05) is 52.0 Å². The third-order valence-corrected chi connectivity index (χ3v) is 12.0. The smallest absolute Gasteiger partial charge is 0.306 e. The number of carbonyl (C=O) groups is 4. The molecule has 3 amide bonds. The molecule has 0 unspecified atom stereocenters. The summed E-state index contributed by atoms with van der Waals surface area (Å²) in [6, 6.07) is 6.86. The lowest BCUT2D eigenvalue weighted by molar-refractivity contribution is -0.153. The molecular weight excluding hydrogens is 622 g/mol. The fourth-order valence-corrected chi connectivity index (χ4v) is 8.36. The van der Waals surface area contributed by atoms with Crippen LogP contribution in [0.5, 0.6) is 5.75 Å². The Labute approximate surface area is 278 Å². The molecule has 5 rings (SSSR count). The molecule has 0 spiro atoms. The van der Waals surface area contributed by atoms with Crippen molar-refractivity contribution in [1.29, 1.82) is 0 Å². The van der Waals surface area contributed by atoms with Gasteiger partial charge in [0.15, 0.2) is 0 Å². The van der Waals surface area contributed by atoms with E-state index in [1.54, 1.807) is 0 Å². The van der Waals surface area contributed by atoms with Crippen LogP contribution in [-0.4, -0.2) is 73.1 Å². The summed E-state index contributed by atoms with van der Waals surface area (Å²) in [4.78, 5) is 56.4. The van der Waals surface area contributed by atoms with Crippen LogP contribution in [0.25, 0.3) is 0 Å². The summed E-state index contributed by atoms with van der Waals surface area (Å²) in [6.45, 7) is 7.98. The van der Waals surface area contributed by atoms with Gasteiger partial charge in [-0.05, 0) is 61.5 Å². The first-order valence-corrected chi connectivity index (χ1v) is 18.9. The minimum atomic E-state index is -3.82. The molecule has 2 aliphatic heterocycles. The number of benzene rings is 1. The Kier molecular flexibility index (Phi) is 10.6. The van der Waals surface area contributed by atoms with Gasteiger partial charge in [0.05, 0.1) is 30.7 Å². The van der Waals surface area contributed by atoms with E-state index in [-0.39, 0.29) is 31.2 Å². The van der Waals surface area contributed by atoms with Gasteiger partial charge in [0.1, 0.15) is 23.4 Å². The van der Waals surface area contributed by atoms with Crippen molar-refractivity contribution in [2.45, 2.75) is 128 Å². The van der Waals surface area contributed by atoms with E-state index in [1.165, 1.54) is 4.90 Å². The van der Waals surface area contributed by atoms with E-state index in [0.29, 0.717) is 32.3 Å². The number of esters is 1. The fourth-order valence-electron chi connectivity index (χ4n) is 7.00. The Bertz CT molecular complexity index is 1450. The first kappa shape index (κ1) is 35.2. The first-order chi connectivity index (χ1) is 22.2. The molecule has 1 saturated heterocycles. The molecular formula is C35H51N3O8S. The Morgan fingerprint density at radius 2 is 1.74 bits per heavy atom. The quantitative estimate of drug-likeness (QED) is 0.431. The fraction of sp³-hybridized carbons (Fsp3) is 0.714. The number of ether oxygens (including phenoxy) is 2. The summed E-state index contributed by atoms with van der Waals surface area (Å²) in [5.74, 6) is -2.34. The van der Waals surface area contributed by atoms with E-state index < -0.39 is 62.1 Å². The van der Waals surface area contributed by atoms with Crippen molar-refractivity contribution in [3.8, 4) is 5.75 Å². The highest BCUT2D eigenvalue weighted by Gasteiger charge is 2.62. The predicted octanol–water partition coefficient (Wildman–Crippen LogP) is 4.03. The zero-order valence-corrected chi connectivity index (χ0v) is 29.0. The van der Waals surface area contributed by atoms with Crippen LogP contribution in [0.1, 0.15) is 104 Å². The van der Waals surface area contributed by atoms with Gasteiger partial charge in [-0.1, -0.05) is 71.6 Å². The molecule has 260 valence electrons. The number of hydrogen-bond acceptors (Lipinski definition) is 8. The summed E-state index contributed by atoms with van der Waals surface area (Å²) >= 11 is 0. The maximum atomic E-state index is 14.4. The highest BCUT2D eigenvalue weighted by molar-refractivity contribution is 7.91. The van der Waals surface area contributed by atoms with Crippen molar-refractivity contribution in [3.63, 3.8) is 0 Å². The second kappa shape index (κ2) is 14.1. The number of carbonyl (C=O) groups excluding carboxylic acids is 4. The minimum Gasteiger partial charge on any atom is -0.488 e. The number of fused-ring (bicyclic) bond motifs is 3. The lowest BCUT2D eigenvalue weighted by Crippen LogP contribution is -2.57. The van der Waals surface area contributed by atoms with E-state index in [2.05, 4.69) is 10.0 Å². The van der Waals surface area contributed by atoms with Gasteiger partial charge in [-0.25, -0.2) is 8.42 Å². The van der Waals surface area contributed by atoms with Gasteiger partial charge in [0.2, 0.25) is 21.8 Å². The molecule has 2 heterocycles. The van der Waals surface area contributed by atoms with Crippen LogP contribution >= 0.6 is 0 Å². The van der Waals surface area contributed by atoms with Crippen molar-refractivity contribution in [3.05, 3.63) is 29.8 Å². The molecule has 2 N–H and O–H groups in total. The number of hydrogen-bond donors (Lipinski definition) is 2. The third-order valence-electron chi connectivity index (χ3n) is 10.2. The molecule has 0 aromatic heterocycles. The number of aryl methyl sites for hydroxylation is 1. The van der Waals surface area contributed by atoms with Crippen LogP contribution in [0.4, 0.5) is 0 Å². The average molecular weight is 674 g/mol. The van der Waals surface area contributed by atoms with Gasteiger partial charge >= 0.3 is 5.97 Å². The molecule has 3 fully saturated rings. The third kappa shape index (κ3) is 8.29. The zero-order chi connectivity index (χ0) is 34.0. The van der Waals surface area contributed by atoms with Gasteiger partial charge in [-0.15, -0.1) is 0 Å². The lowest BCUT2D eigenvalue weighted by Gasteiger charge is -2.35. The predicted molar refractivity (Wildman–Crippen MR) is 176 cm³/mol. The summed E-state index contributed by atoms with van der Waals surface area (Å²) in [5, 5.41) is 2.32. The largest absolute Gasteiger partial charge is 0.488 e. The molecule has 1 aromatic rings. The normalized spacial score (nSPS) is 29.4. The summed E-state index contributed by atoms with van der Waals surface area (Å²) in [7, 11) is -3.82. The molecule has 4 aliphatic rings. The number of nitrogens with zero attached hydrogens (tertiary/aromatic N) is 1. The SMILES string of the molecule is CC[C@@H]1C[C@]1(NC(=O)[C@@H]1C[C@@H]2CN1C(=O)[C@H](C(C)(C)C)CC(=O)OCCCCCCCc1ccccc1O2)C(=O)NS(=O)(=O)C1CC1. The molecule has 47 heavy (non-hydrogen) atoms. The van der Waals surface area contributed by atoms with Crippen molar-refractivity contribution in [2.75, 3.05) is 13.2 Å². The number of rotatable bonds is 6. The molecule has 2 saturated carbocycles. The number of amides is 3. The second-order valence-corrected chi connectivity index (χ2v) is 16.9. The molecule has 2 bridgehead atoms. The van der Waals surface area contributed by atoms with Crippen molar-refractivity contribution in [1.82, 2.24) is 14.9 Å². The van der Waals surface area contributed by atoms with Crippen molar-refractivity contribution >= 4 is 33.7 Å². The molecule has 0 radical (unpaired) electrons. The Morgan fingerprint density at radius 1 is 1.04 bits per heavy atom. The van der Waals surface area contributed by atoms with Crippen molar-refractivity contribution in [2.24, 2.45) is 17.3 Å². The number of cyclic esters (lactones) is 1. The highest BCUT2D eigenvalue weighted by Crippen LogP contribution is 2.47. The van der Waals surface area contributed by atoms with E-state index in [9.17, 15) is 27.6 Å².